The molecule has 8 atom stereocenters. The lowest BCUT2D eigenvalue weighted by molar-refractivity contribution is -0.160. The molecule has 4 aliphatic carbocycles. The summed E-state index contributed by atoms with van der Waals surface area (Å²) in [4.78, 5) is 28.4. The van der Waals surface area contributed by atoms with Crippen molar-refractivity contribution in [3.63, 3.8) is 0 Å². The van der Waals surface area contributed by atoms with Gasteiger partial charge in [0.15, 0.2) is 0 Å². The van der Waals surface area contributed by atoms with Crippen LogP contribution < -0.4 is 5.48 Å². The Labute approximate surface area is 198 Å². The molecule has 4 aliphatic rings. The van der Waals surface area contributed by atoms with E-state index in [9.17, 15) is 14.7 Å². The highest BCUT2D eigenvalue weighted by Crippen LogP contribution is 2.67. The van der Waals surface area contributed by atoms with Gasteiger partial charge >= 0.3 is 11.9 Å². The van der Waals surface area contributed by atoms with Gasteiger partial charge in [0.25, 0.3) is 0 Å². The van der Waals surface area contributed by atoms with Gasteiger partial charge in [0, 0.05) is 6.42 Å². The zero-order valence-electron chi connectivity index (χ0n) is 20.9. The first-order valence-electron chi connectivity index (χ1n) is 13.1. The van der Waals surface area contributed by atoms with E-state index in [1.54, 1.807) is 0 Å². The molecule has 0 aliphatic heterocycles. The number of hydroxylamine groups is 1. The Balaban J connectivity index is 1.37. The zero-order valence-corrected chi connectivity index (χ0v) is 20.9. The van der Waals surface area contributed by atoms with E-state index in [1.807, 2.05) is 0 Å². The van der Waals surface area contributed by atoms with Crippen molar-refractivity contribution in [3.05, 3.63) is 11.6 Å². The average Bonchev–Trinajstić information content (AvgIpc) is 3.14. The molecule has 0 saturated heterocycles. The SMILES string of the molecule is CONCC(=O)OC(=O)CC[C@@H](C)[C@H]1CC[C@H]2[C@@H]3CC=C4C[C@@H](O)CC[C@]4(C)[C@H]3CC[C@]12C. The topological polar surface area (TPSA) is 84.9 Å². The van der Waals surface area contributed by atoms with Gasteiger partial charge in [-0.3, -0.25) is 9.59 Å². The molecule has 6 nitrogen and oxygen atoms in total. The van der Waals surface area contributed by atoms with E-state index >= 15 is 0 Å². The zero-order chi connectivity index (χ0) is 23.8. The van der Waals surface area contributed by atoms with Crippen molar-refractivity contribution in [2.75, 3.05) is 13.7 Å². The highest BCUT2D eigenvalue weighted by molar-refractivity contribution is 5.86. The van der Waals surface area contributed by atoms with Crippen LogP contribution in [0.3, 0.4) is 0 Å². The third-order valence-electron chi connectivity index (χ3n) is 10.2. The molecule has 0 spiro atoms. The third kappa shape index (κ3) is 4.68. The fourth-order valence-electron chi connectivity index (χ4n) is 8.51. The van der Waals surface area contributed by atoms with E-state index in [-0.39, 0.29) is 24.5 Å². The first-order valence-corrected chi connectivity index (χ1v) is 13.1. The van der Waals surface area contributed by atoms with Crippen LogP contribution in [0.15, 0.2) is 11.6 Å². The van der Waals surface area contributed by atoms with Crippen molar-refractivity contribution in [3.8, 4) is 0 Å². The number of allylic oxidation sites excluding steroid dienone is 1. The number of aliphatic hydroxyl groups excluding tert-OH is 1. The fraction of sp³-hybridized carbons (Fsp3) is 0.852. The minimum Gasteiger partial charge on any atom is -0.393 e. The highest BCUT2D eigenvalue weighted by Gasteiger charge is 2.59. The number of rotatable bonds is 7. The lowest BCUT2D eigenvalue weighted by Crippen LogP contribution is -2.50. The molecule has 3 fully saturated rings. The number of ether oxygens (including phenoxy) is 1. The average molecular weight is 462 g/mol. The van der Waals surface area contributed by atoms with E-state index in [0.717, 1.165) is 43.4 Å². The molecular weight excluding hydrogens is 418 g/mol. The predicted molar refractivity (Wildman–Crippen MR) is 126 cm³/mol. The maximum absolute atomic E-state index is 12.1. The predicted octanol–water partition coefficient (Wildman–Crippen LogP) is 4.56. The molecule has 0 unspecified atom stereocenters. The van der Waals surface area contributed by atoms with Crippen LogP contribution in [0, 0.1) is 40.4 Å². The number of esters is 2. The minimum absolute atomic E-state index is 0.128. The summed E-state index contributed by atoms with van der Waals surface area (Å²) >= 11 is 0. The quantitative estimate of drug-likeness (QED) is 0.250. The summed E-state index contributed by atoms with van der Waals surface area (Å²) in [7, 11) is 1.42. The molecule has 0 heterocycles. The van der Waals surface area contributed by atoms with Crippen LogP contribution in [0.2, 0.25) is 0 Å². The molecule has 0 amide bonds. The highest BCUT2D eigenvalue weighted by atomic mass is 16.6. The molecule has 0 aromatic heterocycles. The maximum Gasteiger partial charge on any atom is 0.329 e. The Morgan fingerprint density at radius 1 is 1.15 bits per heavy atom. The molecule has 3 saturated carbocycles. The monoisotopic (exact) mass is 461 g/mol. The van der Waals surface area contributed by atoms with Crippen LogP contribution in [0.1, 0.15) is 85.0 Å². The number of aliphatic hydroxyl groups is 1. The van der Waals surface area contributed by atoms with Crippen molar-refractivity contribution in [2.24, 2.45) is 40.4 Å². The first kappa shape index (κ1) is 24.9. The van der Waals surface area contributed by atoms with Gasteiger partial charge in [0.05, 0.1) is 13.2 Å². The van der Waals surface area contributed by atoms with Crippen LogP contribution in [0.4, 0.5) is 0 Å². The van der Waals surface area contributed by atoms with Gasteiger partial charge in [0.1, 0.15) is 6.54 Å². The number of nitrogens with one attached hydrogen (secondary N) is 1. The molecule has 0 aromatic rings. The molecule has 186 valence electrons. The third-order valence-corrected chi connectivity index (χ3v) is 10.2. The van der Waals surface area contributed by atoms with Crippen molar-refractivity contribution in [1.82, 2.24) is 5.48 Å². The smallest absolute Gasteiger partial charge is 0.329 e. The van der Waals surface area contributed by atoms with Gasteiger partial charge in [-0.2, -0.15) is 5.48 Å². The van der Waals surface area contributed by atoms with Crippen LogP contribution in [-0.4, -0.2) is 36.8 Å². The van der Waals surface area contributed by atoms with Gasteiger partial charge in [-0.25, -0.2) is 0 Å². The van der Waals surface area contributed by atoms with E-state index < -0.39 is 11.9 Å². The van der Waals surface area contributed by atoms with E-state index in [0.29, 0.717) is 17.3 Å². The van der Waals surface area contributed by atoms with E-state index in [1.165, 1.54) is 44.8 Å². The van der Waals surface area contributed by atoms with Crippen LogP contribution in [0.5, 0.6) is 0 Å². The summed E-state index contributed by atoms with van der Waals surface area (Å²) in [6.45, 7) is 7.16. The minimum atomic E-state index is -0.603. The maximum atomic E-state index is 12.1. The molecular formula is C27H43NO5. The molecule has 0 radical (unpaired) electrons. The van der Waals surface area contributed by atoms with Gasteiger partial charge in [0.2, 0.25) is 0 Å². The number of hydrogen-bond donors (Lipinski definition) is 2. The van der Waals surface area contributed by atoms with Gasteiger partial charge in [-0.15, -0.1) is 0 Å². The number of hydrogen-bond acceptors (Lipinski definition) is 6. The van der Waals surface area contributed by atoms with Gasteiger partial charge < -0.3 is 14.7 Å². The second kappa shape index (κ2) is 9.79. The van der Waals surface area contributed by atoms with Gasteiger partial charge in [-0.1, -0.05) is 32.4 Å². The fourth-order valence-corrected chi connectivity index (χ4v) is 8.51. The van der Waals surface area contributed by atoms with Crippen molar-refractivity contribution < 1.29 is 24.3 Å². The number of carbonyl (C=O) groups is 2. The lowest BCUT2D eigenvalue weighted by atomic mass is 9.47. The second-order valence-corrected chi connectivity index (χ2v) is 11.8. The summed E-state index contributed by atoms with van der Waals surface area (Å²) in [5.74, 6) is 2.26. The lowest BCUT2D eigenvalue weighted by Gasteiger charge is -2.58. The Kier molecular flexibility index (Phi) is 7.38. The molecule has 0 bridgehead atoms. The summed E-state index contributed by atoms with van der Waals surface area (Å²) < 4.78 is 4.89. The Bertz CT molecular complexity index is 780. The molecule has 0 aromatic carbocycles. The Morgan fingerprint density at radius 3 is 2.70 bits per heavy atom. The Hall–Kier alpha value is -1.24. The molecule has 4 rings (SSSR count). The summed E-state index contributed by atoms with van der Waals surface area (Å²) in [6, 6.07) is 0. The molecule has 33 heavy (non-hydrogen) atoms. The number of carbonyl (C=O) groups excluding carboxylic acids is 2. The van der Waals surface area contributed by atoms with E-state index in [4.69, 9.17) is 4.74 Å². The van der Waals surface area contributed by atoms with Crippen LogP contribution in [0.25, 0.3) is 0 Å². The second-order valence-electron chi connectivity index (χ2n) is 11.8. The van der Waals surface area contributed by atoms with Crippen molar-refractivity contribution in [2.45, 2.75) is 91.1 Å². The van der Waals surface area contributed by atoms with Crippen molar-refractivity contribution in [1.29, 1.82) is 0 Å². The summed E-state index contributed by atoms with van der Waals surface area (Å²) in [5.41, 5.74) is 4.54. The number of fused-ring (bicyclic) bond motifs is 5. The summed E-state index contributed by atoms with van der Waals surface area (Å²) in [5, 5.41) is 10.2. The van der Waals surface area contributed by atoms with Crippen molar-refractivity contribution >= 4 is 11.9 Å². The molecule has 2 N–H and O–H groups in total. The standard InChI is InChI=1S/C27H43NO5/c1-17(5-10-24(30)33-25(31)16-28-32-4)21-8-9-22-20-7-6-18-15-19(29)11-13-26(18,2)23(20)12-14-27(21,22)3/h6,17,19-23,28-29H,5,7-16H2,1-4H3/t17-,19+,20+,21-,22+,23+,26+,27-/m1/s1. The first-order chi connectivity index (χ1) is 15.7. The Morgan fingerprint density at radius 2 is 1.94 bits per heavy atom. The van der Waals surface area contributed by atoms with E-state index in [2.05, 4.69) is 37.2 Å². The van der Waals surface area contributed by atoms with Gasteiger partial charge in [-0.05, 0) is 98.2 Å². The van der Waals surface area contributed by atoms with Crippen LogP contribution in [-0.2, 0) is 19.2 Å². The van der Waals surface area contributed by atoms with Crippen LogP contribution >= 0.6 is 0 Å². The largest absolute Gasteiger partial charge is 0.393 e. The summed E-state index contributed by atoms with van der Waals surface area (Å²) in [6.07, 6.45) is 12.6. The molecule has 6 heteroatoms. The normalized spacial score (nSPS) is 40.8.